The second-order valence-corrected chi connectivity index (χ2v) is 9.34. The number of unbranched alkanes of at least 4 members (excludes halogenated alkanes) is 1. The molecule has 1 aliphatic rings. The highest BCUT2D eigenvalue weighted by Gasteiger charge is 2.31. The van der Waals surface area contributed by atoms with Crippen LogP contribution in [0.4, 0.5) is 0 Å². The summed E-state index contributed by atoms with van der Waals surface area (Å²) < 4.78 is 0. The standard InChI is InChI=1S/C20H37N3O2/c1-14-11-13-21-16(14)18(25)22-12-9-8-10-15(23-20(5,6)7)17(24)19(2,3)4/h13-16,23H,8-12H2,1-7H3,(H,22,25). The number of nitrogens with one attached hydrogen (secondary N) is 2. The van der Waals surface area contributed by atoms with E-state index in [4.69, 9.17) is 0 Å². The van der Waals surface area contributed by atoms with Gasteiger partial charge in [0.15, 0.2) is 5.78 Å². The van der Waals surface area contributed by atoms with E-state index >= 15 is 0 Å². The van der Waals surface area contributed by atoms with Crippen LogP contribution < -0.4 is 10.6 Å². The lowest BCUT2D eigenvalue weighted by molar-refractivity contribution is -0.129. The van der Waals surface area contributed by atoms with Crippen LogP contribution in [0, 0.1) is 11.3 Å². The van der Waals surface area contributed by atoms with Gasteiger partial charge in [0.05, 0.1) is 6.04 Å². The SMILES string of the molecule is CC1CC=NC1C(=O)NCCCCC(NC(C)(C)C)C(=O)C(C)(C)C. The molecule has 1 heterocycles. The lowest BCUT2D eigenvalue weighted by Gasteiger charge is -2.32. The van der Waals surface area contributed by atoms with Gasteiger partial charge in [-0.25, -0.2) is 0 Å². The highest BCUT2D eigenvalue weighted by molar-refractivity contribution is 5.88. The summed E-state index contributed by atoms with van der Waals surface area (Å²) in [4.78, 5) is 29.0. The van der Waals surface area contributed by atoms with E-state index in [1.54, 1.807) is 0 Å². The van der Waals surface area contributed by atoms with E-state index in [-0.39, 0.29) is 34.7 Å². The van der Waals surface area contributed by atoms with Crippen molar-refractivity contribution in [3.63, 3.8) is 0 Å². The first-order chi connectivity index (χ1) is 11.4. The lowest BCUT2D eigenvalue weighted by atomic mass is 9.84. The van der Waals surface area contributed by atoms with Crippen molar-refractivity contribution >= 4 is 17.9 Å². The van der Waals surface area contributed by atoms with Gasteiger partial charge in [0.1, 0.15) is 6.04 Å². The molecular formula is C20H37N3O2. The highest BCUT2D eigenvalue weighted by Crippen LogP contribution is 2.21. The van der Waals surface area contributed by atoms with Crippen LogP contribution in [0.2, 0.25) is 0 Å². The summed E-state index contributed by atoms with van der Waals surface area (Å²) >= 11 is 0. The Morgan fingerprint density at radius 1 is 1.16 bits per heavy atom. The largest absolute Gasteiger partial charge is 0.354 e. The molecule has 0 spiro atoms. The molecule has 5 heteroatoms. The van der Waals surface area contributed by atoms with Crippen LogP contribution in [0.1, 0.15) is 74.1 Å². The summed E-state index contributed by atoms with van der Waals surface area (Å²) in [5.41, 5.74) is -0.454. The van der Waals surface area contributed by atoms with Crippen molar-refractivity contribution in [3.8, 4) is 0 Å². The molecule has 0 aromatic rings. The van der Waals surface area contributed by atoms with Crippen molar-refractivity contribution in [2.24, 2.45) is 16.3 Å². The molecule has 1 amide bonds. The number of amides is 1. The van der Waals surface area contributed by atoms with Crippen molar-refractivity contribution in [1.82, 2.24) is 10.6 Å². The number of Topliss-reactive ketones (excluding diaryl/α,β-unsaturated/α-hetero) is 1. The molecule has 2 N–H and O–H groups in total. The maximum atomic E-state index is 12.7. The molecular weight excluding hydrogens is 314 g/mol. The zero-order valence-electron chi connectivity index (χ0n) is 17.1. The topological polar surface area (TPSA) is 70.6 Å². The van der Waals surface area contributed by atoms with Crippen LogP contribution in [0.3, 0.4) is 0 Å². The fraction of sp³-hybridized carbons (Fsp3) is 0.850. The van der Waals surface area contributed by atoms with E-state index in [2.05, 4.69) is 43.3 Å². The Morgan fingerprint density at radius 2 is 1.80 bits per heavy atom. The van der Waals surface area contributed by atoms with Crippen molar-refractivity contribution in [2.45, 2.75) is 91.8 Å². The predicted octanol–water partition coefficient (Wildman–Crippen LogP) is 3.12. The van der Waals surface area contributed by atoms with Gasteiger partial charge in [-0.3, -0.25) is 14.6 Å². The molecule has 3 atom stereocenters. The molecule has 0 fully saturated rings. The first-order valence-corrected chi connectivity index (χ1v) is 9.53. The molecule has 0 aliphatic carbocycles. The zero-order valence-corrected chi connectivity index (χ0v) is 17.1. The van der Waals surface area contributed by atoms with Gasteiger partial charge in [-0.1, -0.05) is 27.7 Å². The van der Waals surface area contributed by atoms with Crippen LogP contribution in [-0.4, -0.2) is 42.1 Å². The minimum Gasteiger partial charge on any atom is -0.354 e. The number of hydrogen-bond donors (Lipinski definition) is 2. The normalized spacial score (nSPS) is 22.0. The first-order valence-electron chi connectivity index (χ1n) is 9.53. The number of hydrogen-bond acceptors (Lipinski definition) is 4. The molecule has 0 aromatic heterocycles. The average Bonchev–Trinajstić information content (AvgIpc) is 2.88. The Kier molecular flexibility index (Phi) is 7.79. The van der Waals surface area contributed by atoms with Gasteiger partial charge in [-0.15, -0.1) is 0 Å². The third kappa shape index (κ3) is 7.68. The first kappa shape index (κ1) is 21.8. The Balaban J connectivity index is 2.40. The molecule has 5 nitrogen and oxygen atoms in total. The molecule has 1 rings (SSSR count). The number of rotatable bonds is 8. The number of carbonyl (C=O) groups is 2. The highest BCUT2D eigenvalue weighted by atomic mass is 16.2. The smallest absolute Gasteiger partial charge is 0.245 e. The van der Waals surface area contributed by atoms with Gasteiger partial charge in [-0.2, -0.15) is 0 Å². The van der Waals surface area contributed by atoms with Crippen molar-refractivity contribution in [2.75, 3.05) is 6.54 Å². The van der Waals surface area contributed by atoms with Crippen molar-refractivity contribution in [3.05, 3.63) is 0 Å². The summed E-state index contributed by atoms with van der Waals surface area (Å²) in [5, 5.41) is 6.44. The maximum Gasteiger partial charge on any atom is 0.245 e. The molecule has 144 valence electrons. The summed E-state index contributed by atoms with van der Waals surface area (Å²) in [6.45, 7) is 14.8. The van der Waals surface area contributed by atoms with Crippen LogP contribution >= 0.6 is 0 Å². The Morgan fingerprint density at radius 3 is 2.28 bits per heavy atom. The predicted molar refractivity (Wildman–Crippen MR) is 104 cm³/mol. The summed E-state index contributed by atoms with van der Waals surface area (Å²) in [6.07, 6.45) is 5.29. The monoisotopic (exact) mass is 351 g/mol. The number of aliphatic imine (C=N–C) groups is 1. The molecule has 0 bridgehead atoms. The van der Waals surface area contributed by atoms with E-state index in [1.807, 2.05) is 27.0 Å². The quantitative estimate of drug-likeness (QED) is 0.660. The minimum absolute atomic E-state index is 0.0244. The Labute approximate surface area is 153 Å². The molecule has 1 aliphatic heterocycles. The van der Waals surface area contributed by atoms with Crippen LogP contribution in [0.5, 0.6) is 0 Å². The van der Waals surface area contributed by atoms with E-state index in [9.17, 15) is 9.59 Å². The number of nitrogens with zero attached hydrogens (tertiary/aromatic N) is 1. The zero-order chi connectivity index (χ0) is 19.3. The van der Waals surface area contributed by atoms with Crippen molar-refractivity contribution in [1.29, 1.82) is 0 Å². The van der Waals surface area contributed by atoms with Gasteiger partial charge < -0.3 is 10.6 Å². The Hall–Kier alpha value is -1.23. The molecule has 0 saturated carbocycles. The second-order valence-electron chi connectivity index (χ2n) is 9.34. The lowest BCUT2D eigenvalue weighted by Crippen LogP contribution is -2.50. The fourth-order valence-electron chi connectivity index (χ4n) is 3.05. The average molecular weight is 352 g/mol. The fourth-order valence-corrected chi connectivity index (χ4v) is 3.05. The third-order valence-corrected chi connectivity index (χ3v) is 4.43. The Bertz CT molecular complexity index is 486. The van der Waals surface area contributed by atoms with E-state index in [0.29, 0.717) is 12.5 Å². The van der Waals surface area contributed by atoms with Crippen LogP contribution in [-0.2, 0) is 9.59 Å². The molecule has 25 heavy (non-hydrogen) atoms. The summed E-state index contributed by atoms with van der Waals surface area (Å²) in [7, 11) is 0. The van der Waals surface area contributed by atoms with Gasteiger partial charge in [0, 0.05) is 23.7 Å². The number of carbonyl (C=O) groups excluding carboxylic acids is 2. The third-order valence-electron chi connectivity index (χ3n) is 4.43. The summed E-state index contributed by atoms with van der Waals surface area (Å²) in [5.74, 6) is 0.571. The maximum absolute atomic E-state index is 12.7. The van der Waals surface area contributed by atoms with Gasteiger partial charge in [0.2, 0.25) is 5.91 Å². The van der Waals surface area contributed by atoms with Gasteiger partial charge in [-0.05, 0) is 52.4 Å². The minimum atomic E-state index is -0.353. The van der Waals surface area contributed by atoms with E-state index < -0.39 is 0 Å². The molecule has 0 radical (unpaired) electrons. The van der Waals surface area contributed by atoms with Gasteiger partial charge in [0.25, 0.3) is 0 Å². The van der Waals surface area contributed by atoms with Crippen molar-refractivity contribution < 1.29 is 9.59 Å². The second kappa shape index (κ2) is 8.93. The van der Waals surface area contributed by atoms with E-state index in [1.165, 1.54) is 0 Å². The molecule has 0 aromatic carbocycles. The van der Waals surface area contributed by atoms with Crippen LogP contribution in [0.15, 0.2) is 4.99 Å². The summed E-state index contributed by atoms with van der Waals surface area (Å²) in [6, 6.07) is -0.368. The van der Waals surface area contributed by atoms with E-state index in [0.717, 1.165) is 25.7 Å². The number of ketones is 1. The molecule has 0 saturated heterocycles. The molecule has 3 unspecified atom stereocenters. The van der Waals surface area contributed by atoms with Gasteiger partial charge >= 0.3 is 0 Å². The van der Waals surface area contributed by atoms with Crippen LogP contribution in [0.25, 0.3) is 0 Å².